The summed E-state index contributed by atoms with van der Waals surface area (Å²) in [6, 6.07) is 19.2. The molecule has 0 heterocycles. The standard InChI is InChI=1S/C17H21NS/c1-14-7-5-6-10-16(14)12-19-13-17(11-18)15-8-3-2-4-9-15/h2-10,17H,11-13,18H2,1H3. The summed E-state index contributed by atoms with van der Waals surface area (Å²) in [7, 11) is 0. The maximum atomic E-state index is 5.90. The Bertz CT molecular complexity index is 496. The molecule has 2 N–H and O–H groups in total. The molecule has 2 aromatic rings. The van der Waals surface area contributed by atoms with E-state index in [9.17, 15) is 0 Å². The topological polar surface area (TPSA) is 26.0 Å². The van der Waals surface area contributed by atoms with Gasteiger partial charge in [0.2, 0.25) is 0 Å². The first-order chi connectivity index (χ1) is 9.31. The maximum absolute atomic E-state index is 5.90. The smallest absolute Gasteiger partial charge is 0.0187 e. The van der Waals surface area contributed by atoms with Crippen LogP contribution in [0.2, 0.25) is 0 Å². The van der Waals surface area contributed by atoms with Gasteiger partial charge in [-0.3, -0.25) is 0 Å². The Kier molecular flexibility index (Phi) is 5.49. The molecule has 2 aromatic carbocycles. The Morgan fingerprint density at radius 1 is 1.00 bits per heavy atom. The summed E-state index contributed by atoms with van der Waals surface area (Å²) in [5, 5.41) is 0. The molecule has 2 rings (SSSR count). The first kappa shape index (κ1) is 14.2. The van der Waals surface area contributed by atoms with Crippen LogP contribution in [0.3, 0.4) is 0 Å². The van der Waals surface area contributed by atoms with Crippen molar-refractivity contribution in [1.82, 2.24) is 0 Å². The van der Waals surface area contributed by atoms with Crippen molar-refractivity contribution in [3.8, 4) is 0 Å². The number of nitrogens with two attached hydrogens (primary N) is 1. The van der Waals surface area contributed by atoms with Gasteiger partial charge in [0.15, 0.2) is 0 Å². The summed E-state index contributed by atoms with van der Waals surface area (Å²) in [6.07, 6.45) is 0. The largest absolute Gasteiger partial charge is 0.330 e. The van der Waals surface area contributed by atoms with Crippen LogP contribution >= 0.6 is 11.8 Å². The van der Waals surface area contributed by atoms with Gasteiger partial charge in [-0.05, 0) is 30.2 Å². The van der Waals surface area contributed by atoms with Gasteiger partial charge in [0.1, 0.15) is 0 Å². The zero-order valence-corrected chi connectivity index (χ0v) is 12.2. The fourth-order valence-electron chi connectivity index (χ4n) is 2.11. The summed E-state index contributed by atoms with van der Waals surface area (Å²) in [4.78, 5) is 0. The van der Waals surface area contributed by atoms with Gasteiger partial charge in [0.25, 0.3) is 0 Å². The van der Waals surface area contributed by atoms with E-state index < -0.39 is 0 Å². The highest BCUT2D eigenvalue weighted by atomic mass is 32.2. The van der Waals surface area contributed by atoms with E-state index in [4.69, 9.17) is 5.73 Å². The van der Waals surface area contributed by atoms with Crippen LogP contribution in [0.5, 0.6) is 0 Å². The van der Waals surface area contributed by atoms with Gasteiger partial charge in [-0.2, -0.15) is 11.8 Å². The first-order valence-corrected chi connectivity index (χ1v) is 7.84. The molecule has 0 aromatic heterocycles. The van der Waals surface area contributed by atoms with Gasteiger partial charge in [-0.1, -0.05) is 54.6 Å². The molecular weight excluding hydrogens is 250 g/mol. The maximum Gasteiger partial charge on any atom is 0.0187 e. The quantitative estimate of drug-likeness (QED) is 0.860. The Labute approximate surface area is 120 Å². The molecule has 2 heteroatoms. The number of hydrogen-bond donors (Lipinski definition) is 1. The summed E-state index contributed by atoms with van der Waals surface area (Å²) in [5.41, 5.74) is 10.1. The van der Waals surface area contributed by atoms with Gasteiger partial charge < -0.3 is 5.73 Å². The van der Waals surface area contributed by atoms with Gasteiger partial charge in [-0.15, -0.1) is 0 Å². The highest BCUT2D eigenvalue weighted by Crippen LogP contribution is 2.23. The molecule has 0 bridgehead atoms. The van der Waals surface area contributed by atoms with Gasteiger partial charge in [0, 0.05) is 17.4 Å². The molecule has 0 aliphatic heterocycles. The SMILES string of the molecule is Cc1ccccc1CSCC(CN)c1ccccc1. The Morgan fingerprint density at radius 3 is 2.37 bits per heavy atom. The molecule has 0 fully saturated rings. The number of benzene rings is 2. The minimum Gasteiger partial charge on any atom is -0.330 e. The van der Waals surface area contributed by atoms with Crippen molar-refractivity contribution >= 4 is 11.8 Å². The Balaban J connectivity index is 1.89. The summed E-state index contributed by atoms with van der Waals surface area (Å²) in [5.74, 6) is 2.60. The highest BCUT2D eigenvalue weighted by molar-refractivity contribution is 7.98. The summed E-state index contributed by atoms with van der Waals surface area (Å²) >= 11 is 1.97. The van der Waals surface area contributed by atoms with E-state index in [1.807, 2.05) is 11.8 Å². The number of thioether (sulfide) groups is 1. The summed E-state index contributed by atoms with van der Waals surface area (Å²) in [6.45, 7) is 2.89. The van der Waals surface area contributed by atoms with Gasteiger partial charge in [-0.25, -0.2) is 0 Å². The van der Waals surface area contributed by atoms with E-state index in [0.717, 1.165) is 11.5 Å². The summed E-state index contributed by atoms with van der Waals surface area (Å²) < 4.78 is 0. The van der Waals surface area contributed by atoms with E-state index in [-0.39, 0.29) is 0 Å². The van der Waals surface area contributed by atoms with E-state index >= 15 is 0 Å². The van der Waals surface area contributed by atoms with Crippen LogP contribution in [0.4, 0.5) is 0 Å². The molecule has 1 atom stereocenters. The third-order valence-electron chi connectivity index (χ3n) is 3.39. The minimum atomic E-state index is 0.454. The third-order valence-corrected chi connectivity index (χ3v) is 4.55. The molecule has 19 heavy (non-hydrogen) atoms. The van der Waals surface area contributed by atoms with Crippen molar-refractivity contribution in [3.05, 3.63) is 71.3 Å². The molecule has 0 spiro atoms. The van der Waals surface area contributed by atoms with Crippen LogP contribution in [0.25, 0.3) is 0 Å². The zero-order chi connectivity index (χ0) is 13.5. The molecule has 0 amide bonds. The van der Waals surface area contributed by atoms with Crippen LogP contribution in [-0.4, -0.2) is 12.3 Å². The minimum absolute atomic E-state index is 0.454. The van der Waals surface area contributed by atoms with Crippen LogP contribution in [0.15, 0.2) is 54.6 Å². The molecule has 0 saturated heterocycles. The van der Waals surface area contributed by atoms with Gasteiger partial charge >= 0.3 is 0 Å². The zero-order valence-electron chi connectivity index (χ0n) is 11.4. The lowest BCUT2D eigenvalue weighted by molar-refractivity contribution is 0.785. The van der Waals surface area contributed by atoms with Crippen molar-refractivity contribution in [2.75, 3.05) is 12.3 Å². The second-order valence-electron chi connectivity index (χ2n) is 4.78. The van der Waals surface area contributed by atoms with E-state index in [1.165, 1.54) is 16.7 Å². The predicted molar refractivity (Wildman–Crippen MR) is 85.6 cm³/mol. The molecule has 0 aliphatic rings. The predicted octanol–water partition coefficient (Wildman–Crippen LogP) is 3.97. The van der Waals surface area contributed by atoms with Crippen molar-refractivity contribution in [2.24, 2.45) is 5.73 Å². The molecule has 0 radical (unpaired) electrons. The molecule has 0 saturated carbocycles. The molecule has 1 unspecified atom stereocenters. The second kappa shape index (κ2) is 7.37. The van der Waals surface area contributed by atoms with Crippen LogP contribution in [0, 0.1) is 6.92 Å². The monoisotopic (exact) mass is 271 g/mol. The van der Waals surface area contributed by atoms with Crippen molar-refractivity contribution in [2.45, 2.75) is 18.6 Å². The van der Waals surface area contributed by atoms with Crippen LogP contribution in [-0.2, 0) is 5.75 Å². The normalized spacial score (nSPS) is 12.3. The molecule has 100 valence electrons. The number of aryl methyl sites for hydroxylation is 1. The number of hydrogen-bond acceptors (Lipinski definition) is 2. The molecule has 1 nitrogen and oxygen atoms in total. The lowest BCUT2D eigenvalue weighted by Gasteiger charge is -2.15. The van der Waals surface area contributed by atoms with E-state index in [1.54, 1.807) is 0 Å². The average Bonchev–Trinajstić information content (AvgIpc) is 2.46. The van der Waals surface area contributed by atoms with E-state index in [0.29, 0.717) is 12.5 Å². The lowest BCUT2D eigenvalue weighted by Crippen LogP contribution is -2.14. The highest BCUT2D eigenvalue weighted by Gasteiger charge is 2.09. The Morgan fingerprint density at radius 2 is 1.68 bits per heavy atom. The van der Waals surface area contributed by atoms with Crippen LogP contribution < -0.4 is 5.73 Å². The second-order valence-corrected chi connectivity index (χ2v) is 5.82. The number of rotatable bonds is 6. The van der Waals surface area contributed by atoms with Crippen molar-refractivity contribution in [1.29, 1.82) is 0 Å². The van der Waals surface area contributed by atoms with Crippen molar-refractivity contribution < 1.29 is 0 Å². The van der Waals surface area contributed by atoms with Crippen molar-refractivity contribution in [3.63, 3.8) is 0 Å². The Hall–Kier alpha value is -1.25. The fourth-order valence-corrected chi connectivity index (χ4v) is 3.38. The third kappa shape index (κ3) is 4.12. The van der Waals surface area contributed by atoms with E-state index in [2.05, 4.69) is 61.5 Å². The van der Waals surface area contributed by atoms with Gasteiger partial charge in [0.05, 0.1) is 0 Å². The fraction of sp³-hybridized carbons (Fsp3) is 0.294. The molecule has 0 aliphatic carbocycles. The van der Waals surface area contributed by atoms with Crippen LogP contribution in [0.1, 0.15) is 22.6 Å². The lowest BCUT2D eigenvalue weighted by atomic mass is 10.0. The first-order valence-electron chi connectivity index (χ1n) is 6.68. The molecular formula is C17H21NS. The average molecular weight is 271 g/mol.